The minimum Gasteiger partial charge on any atom is -0.323 e. The Bertz CT molecular complexity index is 743. The molecule has 20 heavy (non-hydrogen) atoms. The van der Waals surface area contributed by atoms with E-state index in [0.29, 0.717) is 11.0 Å². The van der Waals surface area contributed by atoms with Gasteiger partial charge in [-0.3, -0.25) is 0 Å². The third-order valence-electron chi connectivity index (χ3n) is 2.98. The van der Waals surface area contributed by atoms with Crippen LogP contribution in [0.15, 0.2) is 53.6 Å². The fourth-order valence-electron chi connectivity index (χ4n) is 1.96. The van der Waals surface area contributed by atoms with Gasteiger partial charge in [0.1, 0.15) is 0 Å². The molecule has 0 unspecified atom stereocenters. The minimum atomic E-state index is 0.609. The van der Waals surface area contributed by atoms with Crippen LogP contribution in [0.1, 0.15) is 12.5 Å². The fraction of sp³-hybridized carbons (Fsp3) is 0.0667. The quantitative estimate of drug-likeness (QED) is 0.563. The zero-order valence-corrected chi connectivity index (χ0v) is 11.6. The van der Waals surface area contributed by atoms with Gasteiger partial charge in [-0.15, -0.1) is 0 Å². The van der Waals surface area contributed by atoms with Gasteiger partial charge in [-0.25, -0.2) is 10.4 Å². The number of hydrazone groups is 1. The molecule has 1 aromatic heterocycles. The molecule has 0 spiro atoms. The third kappa shape index (κ3) is 2.51. The topological polar surface area (TPSA) is 53.1 Å². The Balaban J connectivity index is 1.84. The van der Waals surface area contributed by atoms with Crippen LogP contribution in [0.5, 0.6) is 0 Å². The Labute approximate surface area is 121 Å². The van der Waals surface area contributed by atoms with Gasteiger partial charge in [-0.05, 0) is 25.1 Å². The average molecular weight is 285 g/mol. The monoisotopic (exact) mass is 284 g/mol. The molecule has 0 fully saturated rings. The fourth-order valence-corrected chi connectivity index (χ4v) is 2.23. The number of aromatic nitrogens is 2. The maximum Gasteiger partial charge on any atom is 0.222 e. The van der Waals surface area contributed by atoms with Gasteiger partial charge in [-0.1, -0.05) is 41.9 Å². The molecule has 0 bridgehead atoms. The molecule has 5 heteroatoms. The molecule has 100 valence electrons. The Morgan fingerprint density at radius 3 is 2.70 bits per heavy atom. The number of imidazole rings is 1. The number of aromatic amines is 1. The molecule has 3 rings (SSSR count). The zero-order chi connectivity index (χ0) is 13.9. The van der Waals surface area contributed by atoms with Gasteiger partial charge in [0.15, 0.2) is 0 Å². The molecule has 0 amide bonds. The number of benzene rings is 2. The van der Waals surface area contributed by atoms with Gasteiger partial charge in [-0.2, -0.15) is 5.10 Å². The summed E-state index contributed by atoms with van der Waals surface area (Å²) in [4.78, 5) is 7.55. The molecule has 0 aliphatic rings. The third-order valence-corrected chi connectivity index (χ3v) is 3.31. The normalized spacial score (nSPS) is 11.8. The van der Waals surface area contributed by atoms with Crippen molar-refractivity contribution in [2.75, 3.05) is 5.43 Å². The second-order valence-electron chi connectivity index (χ2n) is 4.39. The van der Waals surface area contributed by atoms with Gasteiger partial charge < -0.3 is 4.98 Å². The summed E-state index contributed by atoms with van der Waals surface area (Å²) in [5.74, 6) is 0.609. The van der Waals surface area contributed by atoms with Crippen molar-refractivity contribution < 1.29 is 0 Å². The van der Waals surface area contributed by atoms with Crippen molar-refractivity contribution in [2.45, 2.75) is 6.92 Å². The lowest BCUT2D eigenvalue weighted by molar-refractivity contribution is 1.20. The van der Waals surface area contributed by atoms with Crippen LogP contribution in [0.4, 0.5) is 5.95 Å². The van der Waals surface area contributed by atoms with Crippen LogP contribution in [0.2, 0.25) is 5.02 Å². The second-order valence-corrected chi connectivity index (χ2v) is 4.80. The molecule has 4 nitrogen and oxygen atoms in total. The number of H-pyrrole nitrogens is 1. The maximum atomic E-state index is 6.13. The van der Waals surface area contributed by atoms with E-state index in [1.54, 1.807) is 0 Å². The Morgan fingerprint density at radius 2 is 1.90 bits per heavy atom. The van der Waals surface area contributed by atoms with E-state index in [9.17, 15) is 0 Å². The molecule has 0 aliphatic heterocycles. The van der Waals surface area contributed by atoms with Crippen molar-refractivity contribution in [3.8, 4) is 0 Å². The molecule has 0 saturated carbocycles. The molecule has 2 aromatic carbocycles. The van der Waals surface area contributed by atoms with Crippen molar-refractivity contribution >= 4 is 34.3 Å². The van der Waals surface area contributed by atoms with Crippen LogP contribution in [-0.4, -0.2) is 15.7 Å². The number of hydrogen-bond acceptors (Lipinski definition) is 3. The van der Waals surface area contributed by atoms with E-state index in [1.807, 2.05) is 55.5 Å². The summed E-state index contributed by atoms with van der Waals surface area (Å²) in [6.45, 7) is 1.90. The van der Waals surface area contributed by atoms with Crippen molar-refractivity contribution in [2.24, 2.45) is 5.10 Å². The summed E-state index contributed by atoms with van der Waals surface area (Å²) in [6, 6.07) is 15.4. The van der Waals surface area contributed by atoms with Gasteiger partial charge >= 0.3 is 0 Å². The Hall–Kier alpha value is -2.33. The number of para-hydroxylation sites is 2. The van der Waals surface area contributed by atoms with E-state index in [0.717, 1.165) is 22.3 Å². The summed E-state index contributed by atoms with van der Waals surface area (Å²) >= 11 is 6.13. The lowest BCUT2D eigenvalue weighted by Gasteiger charge is -2.03. The van der Waals surface area contributed by atoms with E-state index in [1.165, 1.54) is 0 Å². The van der Waals surface area contributed by atoms with E-state index < -0.39 is 0 Å². The highest BCUT2D eigenvalue weighted by atomic mass is 35.5. The van der Waals surface area contributed by atoms with Crippen LogP contribution < -0.4 is 5.43 Å². The SMILES string of the molecule is C/C(=N/Nc1nc2ccccc2[nH]1)c1ccccc1Cl. The first-order chi connectivity index (χ1) is 9.74. The number of hydrogen-bond donors (Lipinski definition) is 2. The van der Waals surface area contributed by atoms with Crippen LogP contribution in [0, 0.1) is 0 Å². The highest BCUT2D eigenvalue weighted by Gasteiger charge is 2.04. The van der Waals surface area contributed by atoms with E-state index in [4.69, 9.17) is 11.6 Å². The predicted octanol–water partition coefficient (Wildman–Crippen LogP) is 4.05. The molecular weight excluding hydrogens is 272 g/mol. The largest absolute Gasteiger partial charge is 0.323 e. The average Bonchev–Trinajstić information content (AvgIpc) is 2.88. The molecule has 2 N–H and O–H groups in total. The zero-order valence-electron chi connectivity index (χ0n) is 10.9. The molecule has 0 saturated heterocycles. The van der Waals surface area contributed by atoms with Crippen LogP contribution in [-0.2, 0) is 0 Å². The summed E-state index contributed by atoms with van der Waals surface area (Å²) in [5.41, 5.74) is 6.50. The van der Waals surface area contributed by atoms with Crippen molar-refractivity contribution in [1.82, 2.24) is 9.97 Å². The van der Waals surface area contributed by atoms with Crippen molar-refractivity contribution in [1.29, 1.82) is 0 Å². The van der Waals surface area contributed by atoms with E-state index in [2.05, 4.69) is 20.5 Å². The number of rotatable bonds is 3. The Kier molecular flexibility index (Phi) is 3.39. The second kappa shape index (κ2) is 5.35. The summed E-state index contributed by atoms with van der Waals surface area (Å²) in [7, 11) is 0. The van der Waals surface area contributed by atoms with Gasteiger partial charge in [0.05, 0.1) is 16.7 Å². The number of fused-ring (bicyclic) bond motifs is 1. The molecule has 3 aromatic rings. The lowest BCUT2D eigenvalue weighted by Crippen LogP contribution is -2.01. The standard InChI is InChI=1S/C15H13ClN4/c1-10(11-6-2-3-7-12(11)16)19-20-15-17-13-8-4-5-9-14(13)18-15/h2-9H,1H3,(H2,17,18,20)/b19-10-. The van der Waals surface area contributed by atoms with Gasteiger partial charge in [0, 0.05) is 10.6 Å². The number of anilines is 1. The number of nitrogens with zero attached hydrogens (tertiary/aromatic N) is 2. The van der Waals surface area contributed by atoms with Crippen LogP contribution in [0.25, 0.3) is 11.0 Å². The van der Waals surface area contributed by atoms with Gasteiger partial charge in [0.25, 0.3) is 0 Å². The first-order valence-electron chi connectivity index (χ1n) is 6.24. The molecule has 0 aliphatic carbocycles. The summed E-state index contributed by atoms with van der Waals surface area (Å²) in [5, 5.41) is 4.99. The van der Waals surface area contributed by atoms with E-state index in [-0.39, 0.29) is 0 Å². The maximum absolute atomic E-state index is 6.13. The van der Waals surface area contributed by atoms with E-state index >= 15 is 0 Å². The summed E-state index contributed by atoms with van der Waals surface area (Å²) < 4.78 is 0. The molecular formula is C15H13ClN4. The highest BCUT2D eigenvalue weighted by Crippen LogP contribution is 2.17. The summed E-state index contributed by atoms with van der Waals surface area (Å²) in [6.07, 6.45) is 0. The first kappa shape index (κ1) is 12.7. The molecule has 1 heterocycles. The highest BCUT2D eigenvalue weighted by molar-refractivity contribution is 6.34. The number of nitrogens with one attached hydrogen (secondary N) is 2. The lowest BCUT2D eigenvalue weighted by atomic mass is 10.1. The predicted molar refractivity (Wildman–Crippen MR) is 83.4 cm³/mol. The van der Waals surface area contributed by atoms with Crippen molar-refractivity contribution in [3.63, 3.8) is 0 Å². The number of halogens is 1. The van der Waals surface area contributed by atoms with Crippen LogP contribution >= 0.6 is 11.6 Å². The van der Waals surface area contributed by atoms with Crippen molar-refractivity contribution in [3.05, 3.63) is 59.1 Å². The Morgan fingerprint density at radius 1 is 1.15 bits per heavy atom. The molecule has 0 radical (unpaired) electrons. The molecule has 0 atom stereocenters. The van der Waals surface area contributed by atoms with Gasteiger partial charge in [0.2, 0.25) is 5.95 Å². The minimum absolute atomic E-state index is 0.609. The first-order valence-corrected chi connectivity index (χ1v) is 6.62. The smallest absolute Gasteiger partial charge is 0.222 e. The van der Waals surface area contributed by atoms with Crippen LogP contribution in [0.3, 0.4) is 0 Å².